The average Bonchev–Trinajstić information content (AvgIpc) is 3.28. The highest BCUT2D eigenvalue weighted by Crippen LogP contribution is 2.33. The summed E-state index contributed by atoms with van der Waals surface area (Å²) in [7, 11) is -3.96. The van der Waals surface area contributed by atoms with E-state index in [9.17, 15) is 31.2 Å². The first-order valence-electron chi connectivity index (χ1n) is 11.4. The number of primary sulfonamides is 1. The van der Waals surface area contributed by atoms with E-state index in [0.717, 1.165) is 6.07 Å². The van der Waals surface area contributed by atoms with Gasteiger partial charge in [-0.15, -0.1) is 13.2 Å². The van der Waals surface area contributed by atoms with Gasteiger partial charge in [0.25, 0.3) is 11.8 Å². The van der Waals surface area contributed by atoms with Crippen molar-refractivity contribution >= 4 is 49.2 Å². The van der Waals surface area contributed by atoms with Crippen molar-refractivity contribution in [3.63, 3.8) is 0 Å². The molecule has 1 aromatic heterocycles. The number of primary amides is 1. The number of nitrogens with one attached hydrogen (secondary N) is 1. The van der Waals surface area contributed by atoms with Crippen LogP contribution in [0.3, 0.4) is 0 Å². The molecule has 5 aromatic rings. The number of fused-ring (bicyclic) bond motifs is 3. The summed E-state index contributed by atoms with van der Waals surface area (Å²) >= 11 is 0. The lowest BCUT2D eigenvalue weighted by atomic mass is 10.0. The summed E-state index contributed by atoms with van der Waals surface area (Å²) in [5, 5.41) is 13.6. The van der Waals surface area contributed by atoms with Crippen LogP contribution in [0.1, 0.15) is 20.8 Å². The number of nitrogens with zero attached hydrogens (tertiary/aromatic N) is 2. The second kappa shape index (κ2) is 9.66. The molecule has 0 unspecified atom stereocenters. The Hall–Kier alpha value is -4.95. The van der Waals surface area contributed by atoms with Crippen LogP contribution in [-0.4, -0.2) is 36.4 Å². The standard InChI is InChI=1S/C26H18F3N5O5S/c27-26(28,29)39-21-4-2-1-3-18(21)25(36)32-15-7-5-14-6-12-19-22(24(30)35)33-34(23(19)20(14)13-15)16-8-10-17(11-9-16)40(31,37)38/h1-13H,(H2,30,35)(H,32,36)(H2,31,37,38). The second-order valence-corrected chi connectivity index (χ2v) is 10.1. The van der Waals surface area contributed by atoms with E-state index < -0.39 is 33.9 Å². The number of hydrogen-bond donors (Lipinski definition) is 3. The van der Waals surface area contributed by atoms with Gasteiger partial charge >= 0.3 is 6.36 Å². The Balaban J connectivity index is 1.62. The molecule has 5 N–H and O–H groups in total. The van der Waals surface area contributed by atoms with Gasteiger partial charge in [-0.25, -0.2) is 18.2 Å². The number of amides is 2. The number of hydrogen-bond acceptors (Lipinski definition) is 6. The fourth-order valence-corrected chi connectivity index (χ4v) is 4.73. The Bertz CT molecular complexity index is 1920. The molecular formula is C26H18F3N5O5S. The highest BCUT2D eigenvalue weighted by molar-refractivity contribution is 7.89. The van der Waals surface area contributed by atoms with Crippen LogP contribution in [-0.2, 0) is 10.0 Å². The maximum Gasteiger partial charge on any atom is 0.573 e. The van der Waals surface area contributed by atoms with E-state index in [0.29, 0.717) is 27.4 Å². The Morgan fingerprint density at radius 2 is 1.60 bits per heavy atom. The number of carbonyl (C=O) groups is 2. The number of sulfonamides is 1. The fraction of sp³-hybridized carbons (Fsp3) is 0.0385. The van der Waals surface area contributed by atoms with Crippen LogP contribution in [0, 0.1) is 0 Å². The van der Waals surface area contributed by atoms with Crippen LogP contribution in [0.25, 0.3) is 27.4 Å². The van der Waals surface area contributed by atoms with Crippen molar-refractivity contribution in [2.24, 2.45) is 10.9 Å². The van der Waals surface area contributed by atoms with Gasteiger partial charge in [-0.1, -0.05) is 24.3 Å². The molecule has 0 spiro atoms. The van der Waals surface area contributed by atoms with E-state index in [4.69, 9.17) is 10.9 Å². The molecule has 1 heterocycles. The van der Waals surface area contributed by atoms with Crippen molar-refractivity contribution < 1.29 is 35.9 Å². The first kappa shape index (κ1) is 26.6. The molecular weight excluding hydrogens is 551 g/mol. The molecule has 0 fully saturated rings. The third-order valence-corrected chi connectivity index (χ3v) is 6.85. The summed E-state index contributed by atoms with van der Waals surface area (Å²) in [5.74, 6) is -2.32. The Kier molecular flexibility index (Phi) is 6.44. The minimum absolute atomic E-state index is 0.0555. The monoisotopic (exact) mass is 569 g/mol. The zero-order valence-electron chi connectivity index (χ0n) is 20.1. The molecule has 5 rings (SSSR count). The molecule has 0 atom stereocenters. The minimum Gasteiger partial charge on any atom is -0.405 e. The zero-order valence-corrected chi connectivity index (χ0v) is 21.0. The molecule has 0 saturated carbocycles. The smallest absolute Gasteiger partial charge is 0.405 e. The van der Waals surface area contributed by atoms with E-state index in [2.05, 4.69) is 15.2 Å². The first-order valence-corrected chi connectivity index (χ1v) is 12.9. The van der Waals surface area contributed by atoms with Gasteiger partial charge < -0.3 is 15.8 Å². The maximum atomic E-state index is 12.9. The highest BCUT2D eigenvalue weighted by Gasteiger charge is 2.33. The van der Waals surface area contributed by atoms with Crippen molar-refractivity contribution in [1.29, 1.82) is 0 Å². The molecule has 14 heteroatoms. The summed E-state index contributed by atoms with van der Waals surface area (Å²) in [6.45, 7) is 0. The molecule has 10 nitrogen and oxygen atoms in total. The van der Waals surface area contributed by atoms with Crippen molar-refractivity contribution in [3.8, 4) is 11.4 Å². The van der Waals surface area contributed by atoms with Crippen molar-refractivity contribution in [3.05, 3.63) is 90.1 Å². The lowest BCUT2D eigenvalue weighted by Crippen LogP contribution is -2.20. The zero-order chi connectivity index (χ0) is 28.8. The predicted molar refractivity (Wildman–Crippen MR) is 140 cm³/mol. The lowest BCUT2D eigenvalue weighted by molar-refractivity contribution is -0.274. The van der Waals surface area contributed by atoms with Gasteiger partial charge in [-0.2, -0.15) is 5.10 Å². The predicted octanol–water partition coefficient (Wildman–Crippen LogP) is 4.08. The number of anilines is 1. The number of aromatic nitrogens is 2. The van der Waals surface area contributed by atoms with E-state index in [1.54, 1.807) is 30.3 Å². The SMILES string of the molecule is NC(=O)c1nn(-c2ccc(S(N)(=O)=O)cc2)c2c1ccc1ccc(NC(=O)c3ccccc3OC(F)(F)F)cc12. The number of para-hydroxylation sites is 1. The van der Waals surface area contributed by atoms with Crippen molar-refractivity contribution in [2.45, 2.75) is 11.3 Å². The van der Waals surface area contributed by atoms with Gasteiger partial charge in [0.2, 0.25) is 10.0 Å². The molecule has 4 aromatic carbocycles. The van der Waals surface area contributed by atoms with E-state index in [1.807, 2.05) is 0 Å². The van der Waals surface area contributed by atoms with Gasteiger partial charge in [0.15, 0.2) is 5.69 Å². The van der Waals surface area contributed by atoms with Crippen molar-refractivity contribution in [2.75, 3.05) is 5.32 Å². The van der Waals surface area contributed by atoms with Crippen LogP contribution >= 0.6 is 0 Å². The third-order valence-electron chi connectivity index (χ3n) is 5.92. The largest absolute Gasteiger partial charge is 0.573 e. The molecule has 204 valence electrons. The van der Waals surface area contributed by atoms with Gasteiger partial charge in [0.1, 0.15) is 5.75 Å². The molecule has 0 aliphatic heterocycles. The van der Waals surface area contributed by atoms with Crippen LogP contribution in [0.5, 0.6) is 5.75 Å². The highest BCUT2D eigenvalue weighted by atomic mass is 32.2. The Morgan fingerprint density at radius 3 is 2.25 bits per heavy atom. The number of nitrogens with two attached hydrogens (primary N) is 2. The third kappa shape index (κ3) is 5.17. The topological polar surface area (TPSA) is 159 Å². The molecule has 2 amide bonds. The van der Waals surface area contributed by atoms with Gasteiger partial charge in [-0.05, 0) is 60.0 Å². The Labute approximate surface area is 224 Å². The molecule has 40 heavy (non-hydrogen) atoms. The van der Waals surface area contributed by atoms with E-state index in [-0.39, 0.29) is 21.8 Å². The maximum absolute atomic E-state index is 12.9. The summed E-state index contributed by atoms with van der Waals surface area (Å²) in [6.07, 6.45) is -4.99. The number of carbonyl (C=O) groups excluding carboxylic acids is 2. The van der Waals surface area contributed by atoms with E-state index >= 15 is 0 Å². The minimum atomic E-state index is -4.99. The van der Waals surface area contributed by atoms with Gasteiger partial charge in [-0.3, -0.25) is 9.59 Å². The summed E-state index contributed by atoms with van der Waals surface area (Å²) in [4.78, 5) is 25.0. The number of rotatable bonds is 6. The number of ether oxygens (including phenoxy) is 1. The molecule has 0 radical (unpaired) electrons. The molecule has 0 bridgehead atoms. The van der Waals surface area contributed by atoms with Crippen LogP contribution in [0.4, 0.5) is 18.9 Å². The number of alkyl halides is 3. The van der Waals surface area contributed by atoms with Crippen molar-refractivity contribution in [1.82, 2.24) is 9.78 Å². The molecule has 0 aliphatic carbocycles. The normalized spacial score (nSPS) is 12.0. The second-order valence-electron chi connectivity index (χ2n) is 8.56. The lowest BCUT2D eigenvalue weighted by Gasteiger charge is -2.13. The molecule has 0 aliphatic rings. The van der Waals surface area contributed by atoms with Gasteiger partial charge in [0, 0.05) is 16.5 Å². The quantitative estimate of drug-likeness (QED) is 0.279. The van der Waals surface area contributed by atoms with Crippen LogP contribution < -0.4 is 20.9 Å². The van der Waals surface area contributed by atoms with Gasteiger partial charge in [0.05, 0.1) is 21.7 Å². The van der Waals surface area contributed by atoms with Crippen LogP contribution in [0.2, 0.25) is 0 Å². The van der Waals surface area contributed by atoms with E-state index in [1.165, 1.54) is 47.1 Å². The molecule has 0 saturated heterocycles. The number of benzene rings is 4. The number of halogens is 3. The fourth-order valence-electron chi connectivity index (χ4n) is 4.22. The summed E-state index contributed by atoms with van der Waals surface area (Å²) in [5.41, 5.74) is 6.18. The summed E-state index contributed by atoms with van der Waals surface area (Å²) < 4.78 is 67.2. The first-order chi connectivity index (χ1) is 18.8. The van der Waals surface area contributed by atoms with Crippen LogP contribution in [0.15, 0.2) is 83.8 Å². The Morgan fingerprint density at radius 1 is 0.925 bits per heavy atom. The average molecular weight is 570 g/mol. The summed E-state index contributed by atoms with van der Waals surface area (Å²) in [6, 6.07) is 18.5.